The number of carbonyl (C=O) groups is 3. The van der Waals surface area contributed by atoms with E-state index in [0.29, 0.717) is 6.42 Å². The van der Waals surface area contributed by atoms with Crippen molar-refractivity contribution < 1.29 is 24.6 Å². The molecule has 0 aromatic heterocycles. The minimum atomic E-state index is -0.909. The number of carbonyl (C=O) groups excluding carboxylic acids is 3. The summed E-state index contributed by atoms with van der Waals surface area (Å²) in [5.74, 6) is -1.56. The van der Waals surface area contributed by atoms with E-state index < -0.39 is 11.9 Å². The first kappa shape index (κ1) is 48.3. The summed E-state index contributed by atoms with van der Waals surface area (Å²) in [6.45, 7) is 12.5. The van der Waals surface area contributed by atoms with Crippen LogP contribution in [0, 0.1) is 0 Å². The molecule has 0 aromatic carbocycles. The van der Waals surface area contributed by atoms with Crippen molar-refractivity contribution in [2.24, 2.45) is 0 Å². The number of Topliss-reactive ketones (excluding diaryl/α,β-unsaturated/α-hetero) is 1. The maximum atomic E-state index is 10.1. The van der Waals surface area contributed by atoms with Crippen molar-refractivity contribution in [1.29, 1.82) is 0 Å². The van der Waals surface area contributed by atoms with Gasteiger partial charge in [-0.05, 0) is 32.6 Å². The summed E-state index contributed by atoms with van der Waals surface area (Å²) in [5.41, 5.74) is 0. The van der Waals surface area contributed by atoms with Crippen molar-refractivity contribution in [1.82, 2.24) is 0 Å². The summed E-state index contributed by atoms with van der Waals surface area (Å²) in [4.78, 5) is 30.0. The molecule has 0 radical (unpaired) electrons. The Balaban J connectivity index is -0.000000243. The topological polar surface area (TPSA) is 97.3 Å². The number of ketones is 1. The molecule has 0 bridgehead atoms. The Bertz CT molecular complexity index is 487. The molecule has 0 saturated carbocycles. The van der Waals surface area contributed by atoms with Crippen LogP contribution in [-0.4, -0.2) is 38.9 Å². The molecule has 42 heavy (non-hydrogen) atoms. The van der Waals surface area contributed by atoms with E-state index in [9.17, 15) is 24.6 Å². The monoisotopic (exact) mass is 704 g/mol. The number of aliphatic carboxylic acids is 2. The molecule has 0 unspecified atom stereocenters. The van der Waals surface area contributed by atoms with Gasteiger partial charge in [0.25, 0.3) is 0 Å². The van der Waals surface area contributed by atoms with E-state index in [-0.39, 0.29) is 39.8 Å². The number of carboxylic acids is 2. The van der Waals surface area contributed by atoms with Gasteiger partial charge < -0.3 is 24.6 Å². The first-order valence-electron chi connectivity index (χ1n) is 17.8. The Labute approximate surface area is 273 Å². The summed E-state index contributed by atoms with van der Waals surface area (Å²) in [6, 6.07) is 0. The summed E-state index contributed by atoms with van der Waals surface area (Å²) >= 11 is 0.149. The Hall–Kier alpha value is -0.591. The zero-order chi connectivity index (χ0) is 32.5. The van der Waals surface area contributed by atoms with Crippen molar-refractivity contribution in [3.8, 4) is 0 Å². The van der Waals surface area contributed by atoms with E-state index in [2.05, 4.69) is 27.7 Å². The molecule has 0 fully saturated rings. The average Bonchev–Trinajstić information content (AvgIpc) is 2.96. The molecule has 0 spiro atoms. The number of carboxylic acid groups (broad SMARTS) is 2. The second-order valence-corrected chi connectivity index (χ2v) is 15.7. The Kier molecular flexibility index (Phi) is 54.5. The molecular formula is C36H72O5Sn. The molecule has 0 saturated heterocycles. The van der Waals surface area contributed by atoms with Gasteiger partial charge in [-0.3, -0.25) is 0 Å². The molecule has 0 amide bonds. The fourth-order valence-corrected chi connectivity index (χ4v) is 8.05. The molecule has 250 valence electrons. The van der Waals surface area contributed by atoms with Gasteiger partial charge in [0.05, 0.1) is 0 Å². The van der Waals surface area contributed by atoms with Gasteiger partial charge in [0.1, 0.15) is 5.78 Å². The Morgan fingerprint density at radius 1 is 0.429 bits per heavy atom. The Morgan fingerprint density at radius 2 is 0.667 bits per heavy atom. The summed E-state index contributed by atoms with van der Waals surface area (Å²) < 4.78 is 3.25. The van der Waals surface area contributed by atoms with Crippen LogP contribution >= 0.6 is 0 Å². The molecule has 0 heterocycles. The zero-order valence-electron chi connectivity index (χ0n) is 29.1. The van der Waals surface area contributed by atoms with Crippen molar-refractivity contribution >= 4 is 38.9 Å². The van der Waals surface area contributed by atoms with Crippen LogP contribution in [0.2, 0.25) is 8.87 Å². The zero-order valence-corrected chi connectivity index (χ0v) is 32.0. The summed E-state index contributed by atoms with van der Waals surface area (Å²) in [6.07, 6.45) is 28.8. The molecule has 0 N–H and O–H groups in total. The summed E-state index contributed by atoms with van der Waals surface area (Å²) in [5, 5.41) is 20.2. The van der Waals surface area contributed by atoms with Crippen LogP contribution in [0.3, 0.4) is 0 Å². The number of unbranched alkanes of at least 4 members (excludes halogenated alkanes) is 18. The van der Waals surface area contributed by atoms with Gasteiger partial charge in [-0.2, -0.15) is 0 Å². The predicted octanol–water partition coefficient (Wildman–Crippen LogP) is 9.43. The normalized spacial score (nSPS) is 9.76. The van der Waals surface area contributed by atoms with Crippen LogP contribution in [0.1, 0.15) is 202 Å². The van der Waals surface area contributed by atoms with E-state index >= 15 is 0 Å². The number of hydrogen-bond acceptors (Lipinski definition) is 5. The van der Waals surface area contributed by atoms with Crippen LogP contribution in [0.25, 0.3) is 0 Å². The van der Waals surface area contributed by atoms with Crippen molar-refractivity contribution in [2.75, 3.05) is 0 Å². The minimum absolute atomic E-state index is 0.149. The SMILES string of the molecule is CCC(C)=O.CCCCCCCCCCCC(=O)[O-].CCCCCCCCCCCC(=O)[O-].CCC[CH2][Sn+2][CH2]CCC. The molecule has 0 rings (SSSR count). The third-order valence-electron chi connectivity index (χ3n) is 6.88. The second kappa shape index (κ2) is 47.3. The molecule has 0 aliphatic rings. The van der Waals surface area contributed by atoms with E-state index in [0.717, 1.165) is 25.7 Å². The van der Waals surface area contributed by atoms with Crippen molar-refractivity contribution in [3.63, 3.8) is 0 Å². The summed E-state index contributed by atoms with van der Waals surface area (Å²) in [7, 11) is 0. The van der Waals surface area contributed by atoms with E-state index in [1.807, 2.05) is 6.92 Å². The van der Waals surface area contributed by atoms with Crippen LogP contribution in [-0.2, 0) is 14.4 Å². The molecular weight excluding hydrogens is 631 g/mol. The fourth-order valence-electron chi connectivity index (χ4n) is 3.89. The number of rotatable bonds is 27. The third kappa shape index (κ3) is 67.2. The van der Waals surface area contributed by atoms with Gasteiger partial charge in [0.15, 0.2) is 0 Å². The van der Waals surface area contributed by atoms with Crippen LogP contribution in [0.5, 0.6) is 0 Å². The Morgan fingerprint density at radius 3 is 0.881 bits per heavy atom. The van der Waals surface area contributed by atoms with Gasteiger partial charge in [0.2, 0.25) is 0 Å². The second-order valence-electron chi connectivity index (χ2n) is 11.4. The molecule has 0 atom stereocenters. The van der Waals surface area contributed by atoms with E-state index in [1.54, 1.807) is 15.8 Å². The standard InChI is InChI=1S/2C12H24O2.C4H8O.2C4H9.Sn/c2*1-2-3-4-5-6-7-8-9-10-11-12(13)14;1-3-4(2)5;2*1-3-4-2;/h2*2-11H2,1H3,(H,13,14);3H2,1-2H3;2*1,3-4H2,2H3;/q;;;;;+2/p-2. The van der Waals surface area contributed by atoms with E-state index in [1.165, 1.54) is 116 Å². The molecule has 5 nitrogen and oxygen atoms in total. The molecule has 0 aromatic rings. The molecule has 6 heteroatoms. The quantitative estimate of drug-likeness (QED) is 0.0628. The number of hydrogen-bond donors (Lipinski definition) is 0. The first-order chi connectivity index (χ1) is 20.2. The van der Waals surface area contributed by atoms with E-state index in [4.69, 9.17) is 0 Å². The molecule has 0 aliphatic heterocycles. The van der Waals surface area contributed by atoms with Crippen molar-refractivity contribution in [2.45, 2.75) is 211 Å². The van der Waals surface area contributed by atoms with Crippen LogP contribution in [0.4, 0.5) is 0 Å². The fraction of sp³-hybridized carbons (Fsp3) is 0.917. The third-order valence-corrected chi connectivity index (χ3v) is 10.9. The van der Waals surface area contributed by atoms with Gasteiger partial charge in [-0.15, -0.1) is 0 Å². The van der Waals surface area contributed by atoms with Gasteiger partial charge >= 0.3 is 69.5 Å². The van der Waals surface area contributed by atoms with Gasteiger partial charge in [-0.25, -0.2) is 0 Å². The maximum absolute atomic E-state index is 10.1. The predicted molar refractivity (Wildman–Crippen MR) is 180 cm³/mol. The van der Waals surface area contributed by atoms with Gasteiger partial charge in [0, 0.05) is 18.4 Å². The van der Waals surface area contributed by atoms with Crippen molar-refractivity contribution in [3.05, 3.63) is 0 Å². The average molecular weight is 704 g/mol. The van der Waals surface area contributed by atoms with Gasteiger partial charge in [-0.1, -0.05) is 124 Å². The van der Waals surface area contributed by atoms with Crippen LogP contribution < -0.4 is 10.2 Å². The first-order valence-corrected chi connectivity index (χ1v) is 21.9. The molecule has 0 aliphatic carbocycles. The van der Waals surface area contributed by atoms with Crippen LogP contribution in [0.15, 0.2) is 0 Å².